The molecule has 12 rings (SSSR count). The molecule has 0 amide bonds. The number of thiophene rings is 1. The van der Waals surface area contributed by atoms with Crippen LogP contribution >= 0.6 is 11.3 Å². The molecule has 0 saturated carbocycles. The number of nitrogens with zero attached hydrogens (tertiary/aromatic N) is 3. The van der Waals surface area contributed by atoms with E-state index in [1.165, 1.54) is 20.2 Å². The third-order valence-corrected chi connectivity index (χ3v) is 12.4. The highest BCUT2D eigenvalue weighted by Gasteiger charge is 2.18. The van der Waals surface area contributed by atoms with Crippen molar-refractivity contribution in [2.75, 3.05) is 0 Å². The van der Waals surface area contributed by atoms with Crippen LogP contribution in [0.2, 0.25) is 0 Å². The van der Waals surface area contributed by atoms with Crippen LogP contribution in [0.5, 0.6) is 0 Å². The van der Waals surface area contributed by atoms with Crippen LogP contribution in [0.4, 0.5) is 0 Å². The molecule has 12 aromatic rings. The van der Waals surface area contributed by atoms with Crippen LogP contribution in [-0.4, -0.2) is 15.0 Å². The number of furan rings is 1. The van der Waals surface area contributed by atoms with Gasteiger partial charge >= 0.3 is 0 Å². The van der Waals surface area contributed by atoms with E-state index >= 15 is 0 Å². The van der Waals surface area contributed by atoms with Crippen molar-refractivity contribution in [3.63, 3.8) is 0 Å². The number of hydrogen-bond acceptors (Lipinski definition) is 5. The van der Waals surface area contributed by atoms with Crippen LogP contribution in [0.3, 0.4) is 0 Å². The van der Waals surface area contributed by atoms with E-state index in [4.69, 9.17) is 19.4 Å². The molecule has 0 unspecified atom stereocenters. The van der Waals surface area contributed by atoms with E-state index in [0.29, 0.717) is 5.82 Å². The maximum atomic E-state index is 6.36. The normalized spacial score (nSPS) is 11.8. The Bertz CT molecular complexity index is 3550. The number of rotatable bonds is 5. The smallest absolute Gasteiger partial charge is 0.160 e. The van der Waals surface area contributed by atoms with Crippen LogP contribution in [0, 0.1) is 0 Å². The Labute approximate surface area is 337 Å². The van der Waals surface area contributed by atoms with Gasteiger partial charge in [-0.3, -0.25) is 0 Å². The lowest BCUT2D eigenvalue weighted by Gasteiger charge is -2.13. The van der Waals surface area contributed by atoms with Gasteiger partial charge in [-0.15, -0.1) is 11.3 Å². The summed E-state index contributed by atoms with van der Waals surface area (Å²) in [4.78, 5) is 15.7. The molecular weight excluding hydrogens is 727 g/mol. The summed E-state index contributed by atoms with van der Waals surface area (Å²) in [7, 11) is 0. The van der Waals surface area contributed by atoms with Crippen LogP contribution in [0.25, 0.3) is 120 Å². The number of hydrogen-bond donors (Lipinski definition) is 0. The molecule has 0 bridgehead atoms. The van der Waals surface area contributed by atoms with Crippen molar-refractivity contribution < 1.29 is 4.42 Å². The van der Waals surface area contributed by atoms with Gasteiger partial charge in [-0.1, -0.05) is 146 Å². The standard InChI is InChI=1S/C53H31N3OS/c1-3-11-33(12-4-1)43-31-44(56-53(55-43)37-24-25-39-38-15-8-10-18-48(38)58-49(39)30-37)34-21-19-32(20-22-34)36-23-26-40-45(29-36)54-52(35-13-5-2-6-14-35)42-27-28-47-51(50(40)42)41-16-7-9-17-46(41)57-47/h1-31H. The zero-order valence-corrected chi connectivity index (χ0v) is 31.9. The summed E-state index contributed by atoms with van der Waals surface area (Å²) in [6, 6.07) is 66.0. The lowest BCUT2D eigenvalue weighted by molar-refractivity contribution is 0.669. The van der Waals surface area contributed by atoms with Gasteiger partial charge in [-0.25, -0.2) is 15.0 Å². The topological polar surface area (TPSA) is 51.8 Å². The molecule has 0 aliphatic carbocycles. The summed E-state index contributed by atoms with van der Waals surface area (Å²) in [6.45, 7) is 0. The van der Waals surface area contributed by atoms with Crippen molar-refractivity contribution >= 4 is 75.1 Å². The van der Waals surface area contributed by atoms with E-state index in [1.54, 1.807) is 0 Å². The molecule has 0 spiro atoms. The Morgan fingerprint density at radius 3 is 1.76 bits per heavy atom. The third-order valence-electron chi connectivity index (χ3n) is 11.3. The molecular formula is C53H31N3OS. The Kier molecular flexibility index (Phi) is 7.37. The van der Waals surface area contributed by atoms with Gasteiger partial charge in [0, 0.05) is 69.4 Å². The fraction of sp³-hybridized carbons (Fsp3) is 0. The first-order valence-electron chi connectivity index (χ1n) is 19.4. The van der Waals surface area contributed by atoms with Gasteiger partial charge in [0.1, 0.15) is 11.2 Å². The predicted octanol–water partition coefficient (Wildman–Crippen LogP) is 14.8. The number of pyridine rings is 1. The van der Waals surface area contributed by atoms with Crippen molar-refractivity contribution in [3.8, 4) is 56.3 Å². The number of benzene rings is 8. The fourth-order valence-electron chi connectivity index (χ4n) is 8.49. The summed E-state index contributed by atoms with van der Waals surface area (Å²) >= 11 is 1.81. The average Bonchev–Trinajstić information content (AvgIpc) is 3.87. The highest BCUT2D eigenvalue weighted by atomic mass is 32.1. The van der Waals surface area contributed by atoms with Gasteiger partial charge in [-0.2, -0.15) is 0 Å². The summed E-state index contributed by atoms with van der Waals surface area (Å²) in [5, 5.41) is 8.14. The maximum absolute atomic E-state index is 6.36. The van der Waals surface area contributed by atoms with Crippen LogP contribution < -0.4 is 0 Å². The second-order valence-corrected chi connectivity index (χ2v) is 15.8. The molecule has 4 nitrogen and oxygen atoms in total. The van der Waals surface area contributed by atoms with Gasteiger partial charge in [0.15, 0.2) is 5.82 Å². The minimum absolute atomic E-state index is 0.710. The molecule has 4 heterocycles. The van der Waals surface area contributed by atoms with Crippen molar-refractivity contribution in [2.24, 2.45) is 0 Å². The van der Waals surface area contributed by atoms with Crippen LogP contribution in [0.15, 0.2) is 192 Å². The zero-order valence-electron chi connectivity index (χ0n) is 31.1. The van der Waals surface area contributed by atoms with Crippen molar-refractivity contribution in [3.05, 3.63) is 188 Å². The highest BCUT2D eigenvalue weighted by Crippen LogP contribution is 2.42. The highest BCUT2D eigenvalue weighted by molar-refractivity contribution is 7.25. The molecule has 0 aliphatic rings. The lowest BCUT2D eigenvalue weighted by atomic mass is 9.94. The first kappa shape index (κ1) is 32.7. The maximum Gasteiger partial charge on any atom is 0.160 e. The Balaban J connectivity index is 0.981. The van der Waals surface area contributed by atoms with Crippen molar-refractivity contribution in [1.82, 2.24) is 15.0 Å². The molecule has 0 saturated heterocycles. The predicted molar refractivity (Wildman–Crippen MR) is 242 cm³/mol. The third kappa shape index (κ3) is 5.32. The van der Waals surface area contributed by atoms with Crippen LogP contribution in [0.1, 0.15) is 0 Å². The summed E-state index contributed by atoms with van der Waals surface area (Å²) in [5.74, 6) is 0.710. The van der Waals surface area contributed by atoms with Crippen molar-refractivity contribution in [2.45, 2.75) is 0 Å². The Morgan fingerprint density at radius 1 is 0.345 bits per heavy atom. The number of para-hydroxylation sites is 1. The Hall–Kier alpha value is -7.47. The molecule has 0 fully saturated rings. The SMILES string of the molecule is c1ccc(-c2cc(-c3ccc(-c4ccc5c(c4)nc(-c4ccccc4)c4ccc6oc7ccccc7c6c45)cc3)nc(-c3ccc4c(c3)sc3ccccc34)n2)cc1. The molecule has 4 aromatic heterocycles. The first-order valence-corrected chi connectivity index (χ1v) is 20.2. The molecule has 5 heteroatoms. The summed E-state index contributed by atoms with van der Waals surface area (Å²) in [6.07, 6.45) is 0. The lowest BCUT2D eigenvalue weighted by Crippen LogP contribution is -1.96. The van der Waals surface area contributed by atoms with Gasteiger partial charge in [-0.05, 0) is 53.6 Å². The minimum atomic E-state index is 0.710. The molecule has 0 aliphatic heterocycles. The molecule has 8 aromatic carbocycles. The summed E-state index contributed by atoms with van der Waals surface area (Å²) < 4.78 is 8.87. The largest absolute Gasteiger partial charge is 0.456 e. The van der Waals surface area contributed by atoms with E-state index in [0.717, 1.165) is 94.1 Å². The summed E-state index contributed by atoms with van der Waals surface area (Å²) in [5.41, 5.74) is 11.8. The van der Waals surface area contributed by atoms with Gasteiger partial charge in [0.25, 0.3) is 0 Å². The molecule has 0 atom stereocenters. The van der Waals surface area contributed by atoms with E-state index < -0.39 is 0 Å². The fourth-order valence-corrected chi connectivity index (χ4v) is 9.63. The first-order chi connectivity index (χ1) is 28.7. The van der Waals surface area contributed by atoms with Gasteiger partial charge in [0.05, 0.1) is 22.6 Å². The monoisotopic (exact) mass is 757 g/mol. The van der Waals surface area contributed by atoms with E-state index in [-0.39, 0.29) is 0 Å². The van der Waals surface area contributed by atoms with Gasteiger partial charge in [0.2, 0.25) is 0 Å². The van der Waals surface area contributed by atoms with E-state index in [2.05, 4.69) is 164 Å². The van der Waals surface area contributed by atoms with E-state index in [9.17, 15) is 0 Å². The second kappa shape index (κ2) is 13.1. The molecule has 0 radical (unpaired) electrons. The average molecular weight is 758 g/mol. The Morgan fingerprint density at radius 2 is 0.948 bits per heavy atom. The second-order valence-electron chi connectivity index (χ2n) is 14.7. The minimum Gasteiger partial charge on any atom is -0.456 e. The van der Waals surface area contributed by atoms with Crippen molar-refractivity contribution in [1.29, 1.82) is 0 Å². The van der Waals surface area contributed by atoms with Crippen LogP contribution in [-0.2, 0) is 0 Å². The molecule has 270 valence electrons. The zero-order chi connectivity index (χ0) is 38.2. The van der Waals surface area contributed by atoms with Gasteiger partial charge < -0.3 is 4.42 Å². The quantitative estimate of drug-likeness (QED) is 0.164. The molecule has 58 heavy (non-hydrogen) atoms. The number of aromatic nitrogens is 3. The molecule has 0 N–H and O–H groups in total. The number of fused-ring (bicyclic) bond motifs is 10. The van der Waals surface area contributed by atoms with E-state index in [1.807, 2.05) is 35.6 Å².